The Bertz CT molecular complexity index is 561. The van der Waals surface area contributed by atoms with Crippen LogP contribution in [0.1, 0.15) is 18.9 Å². The summed E-state index contributed by atoms with van der Waals surface area (Å²) in [5.41, 5.74) is 2.72. The molecule has 1 aromatic carbocycles. The average Bonchev–Trinajstić information content (AvgIpc) is 3.06. The Morgan fingerprint density at radius 2 is 2.10 bits per heavy atom. The Kier molecular flexibility index (Phi) is 4.45. The molecule has 0 aliphatic carbocycles. The number of halogens is 1. The van der Waals surface area contributed by atoms with Crippen LogP contribution in [0, 0.1) is 5.92 Å². The quantitative estimate of drug-likeness (QED) is 0.772. The van der Waals surface area contributed by atoms with Crippen LogP contribution in [0.3, 0.4) is 0 Å². The number of hydrogen-bond acceptors (Lipinski definition) is 2. The van der Waals surface area contributed by atoms with Gasteiger partial charge in [-0.3, -0.25) is 0 Å². The Labute approximate surface area is 130 Å². The van der Waals surface area contributed by atoms with E-state index in [9.17, 15) is 0 Å². The monoisotopic (exact) mass is 305 g/mol. The molecule has 0 N–H and O–H groups in total. The number of hydrogen-bond donors (Lipinski definition) is 0. The molecule has 20 heavy (non-hydrogen) atoms. The Morgan fingerprint density at radius 1 is 1.30 bits per heavy atom. The van der Waals surface area contributed by atoms with Gasteiger partial charge in [-0.15, -0.1) is 11.3 Å². The fraction of sp³-hybridized carbons (Fsp3) is 0.412. The van der Waals surface area contributed by atoms with Gasteiger partial charge in [0.25, 0.3) is 0 Å². The second-order valence-electron chi connectivity index (χ2n) is 5.77. The second kappa shape index (κ2) is 6.30. The zero-order chi connectivity index (χ0) is 13.9. The summed E-state index contributed by atoms with van der Waals surface area (Å²) in [6.07, 6.45) is 2.52. The van der Waals surface area contributed by atoms with Gasteiger partial charge in [-0.2, -0.15) is 0 Å². The lowest BCUT2D eigenvalue weighted by Crippen LogP contribution is -2.22. The van der Waals surface area contributed by atoms with Gasteiger partial charge in [0.15, 0.2) is 0 Å². The molecule has 106 valence electrons. The Balaban J connectivity index is 1.60. The predicted molar refractivity (Wildman–Crippen MR) is 88.7 cm³/mol. The maximum absolute atomic E-state index is 5.94. The minimum absolute atomic E-state index is 0.800. The maximum atomic E-state index is 5.94. The van der Waals surface area contributed by atoms with Crippen molar-refractivity contribution in [2.75, 3.05) is 19.6 Å². The summed E-state index contributed by atoms with van der Waals surface area (Å²) >= 11 is 7.77. The van der Waals surface area contributed by atoms with Crippen LogP contribution in [0.5, 0.6) is 0 Å². The highest BCUT2D eigenvalue weighted by molar-refractivity contribution is 7.13. The minimum atomic E-state index is 0.800. The van der Waals surface area contributed by atoms with E-state index in [4.69, 9.17) is 11.6 Å². The molecule has 0 saturated carbocycles. The highest BCUT2D eigenvalue weighted by atomic mass is 35.5. The van der Waals surface area contributed by atoms with Crippen molar-refractivity contribution >= 4 is 22.9 Å². The molecule has 2 heterocycles. The number of rotatable bonds is 4. The van der Waals surface area contributed by atoms with Crippen LogP contribution in [0.25, 0.3) is 10.4 Å². The van der Waals surface area contributed by atoms with Gasteiger partial charge in [0.05, 0.1) is 0 Å². The molecule has 0 radical (unpaired) electrons. The highest BCUT2D eigenvalue weighted by Crippen LogP contribution is 2.28. The van der Waals surface area contributed by atoms with E-state index in [1.54, 1.807) is 0 Å². The lowest BCUT2D eigenvalue weighted by Gasteiger charge is -2.14. The molecule has 1 nitrogen and oxygen atoms in total. The zero-order valence-corrected chi connectivity index (χ0v) is 13.4. The molecule has 3 rings (SSSR count). The van der Waals surface area contributed by atoms with E-state index in [1.165, 1.54) is 42.1 Å². The molecular formula is C17H20ClNS. The SMILES string of the molecule is CC1CCN(CCc2csc(-c3ccc(Cl)cc3)c2)C1. The van der Waals surface area contributed by atoms with Crippen molar-refractivity contribution in [2.24, 2.45) is 5.92 Å². The molecule has 1 aliphatic heterocycles. The van der Waals surface area contributed by atoms with Crippen molar-refractivity contribution in [3.8, 4) is 10.4 Å². The molecule has 1 aromatic heterocycles. The first-order valence-corrected chi connectivity index (χ1v) is 8.52. The molecular weight excluding hydrogens is 286 g/mol. The van der Waals surface area contributed by atoms with E-state index in [-0.39, 0.29) is 0 Å². The molecule has 0 bridgehead atoms. The van der Waals surface area contributed by atoms with Crippen LogP contribution in [0.15, 0.2) is 35.7 Å². The van der Waals surface area contributed by atoms with Crippen molar-refractivity contribution in [3.05, 3.63) is 46.3 Å². The summed E-state index contributed by atoms with van der Waals surface area (Å²) < 4.78 is 0. The van der Waals surface area contributed by atoms with Crippen LogP contribution < -0.4 is 0 Å². The molecule has 0 spiro atoms. The molecule has 3 heteroatoms. The van der Waals surface area contributed by atoms with E-state index in [0.29, 0.717) is 0 Å². The van der Waals surface area contributed by atoms with Crippen LogP contribution in [-0.2, 0) is 6.42 Å². The Hall–Kier alpha value is -0.830. The van der Waals surface area contributed by atoms with Crippen molar-refractivity contribution in [3.63, 3.8) is 0 Å². The fourth-order valence-corrected chi connectivity index (χ4v) is 3.87. The molecule has 1 aliphatic rings. The smallest absolute Gasteiger partial charge is 0.0406 e. The van der Waals surface area contributed by atoms with E-state index in [1.807, 2.05) is 23.5 Å². The van der Waals surface area contributed by atoms with Crippen molar-refractivity contribution in [2.45, 2.75) is 19.8 Å². The van der Waals surface area contributed by atoms with E-state index in [2.05, 4.69) is 35.4 Å². The molecule has 2 aromatic rings. The first-order chi connectivity index (χ1) is 9.70. The summed E-state index contributed by atoms with van der Waals surface area (Å²) in [6, 6.07) is 10.4. The van der Waals surface area contributed by atoms with Gasteiger partial charge in [0, 0.05) is 23.0 Å². The van der Waals surface area contributed by atoms with Gasteiger partial charge >= 0.3 is 0 Å². The molecule has 0 amide bonds. The average molecular weight is 306 g/mol. The van der Waals surface area contributed by atoms with Gasteiger partial charge in [-0.25, -0.2) is 0 Å². The standard InChI is InChI=1S/C17H20ClNS/c1-13-6-8-19(11-13)9-7-14-10-17(20-12-14)15-2-4-16(18)5-3-15/h2-5,10,12-13H,6-9,11H2,1H3. The van der Waals surface area contributed by atoms with Gasteiger partial charge in [-0.1, -0.05) is 30.7 Å². The van der Waals surface area contributed by atoms with Crippen LogP contribution in [-0.4, -0.2) is 24.5 Å². The molecule has 1 unspecified atom stereocenters. The highest BCUT2D eigenvalue weighted by Gasteiger charge is 2.17. The molecule has 1 fully saturated rings. The molecule has 1 atom stereocenters. The Morgan fingerprint density at radius 3 is 2.80 bits per heavy atom. The lowest BCUT2D eigenvalue weighted by molar-refractivity contribution is 0.332. The van der Waals surface area contributed by atoms with E-state index in [0.717, 1.165) is 17.4 Å². The topological polar surface area (TPSA) is 3.24 Å². The second-order valence-corrected chi connectivity index (χ2v) is 7.12. The zero-order valence-electron chi connectivity index (χ0n) is 11.8. The van der Waals surface area contributed by atoms with Crippen LogP contribution >= 0.6 is 22.9 Å². The lowest BCUT2D eigenvalue weighted by atomic mass is 10.1. The van der Waals surface area contributed by atoms with Gasteiger partial charge in [-0.05, 0) is 60.0 Å². The van der Waals surface area contributed by atoms with Crippen LogP contribution in [0.4, 0.5) is 0 Å². The van der Waals surface area contributed by atoms with Crippen LogP contribution in [0.2, 0.25) is 5.02 Å². The van der Waals surface area contributed by atoms with Gasteiger partial charge in [0.2, 0.25) is 0 Å². The first-order valence-electron chi connectivity index (χ1n) is 7.26. The number of thiophene rings is 1. The van der Waals surface area contributed by atoms with Crippen molar-refractivity contribution in [1.29, 1.82) is 0 Å². The largest absolute Gasteiger partial charge is 0.303 e. The first kappa shape index (κ1) is 14.1. The third-order valence-corrected chi connectivity index (χ3v) is 5.29. The summed E-state index contributed by atoms with van der Waals surface area (Å²) in [6.45, 7) is 6.09. The van der Waals surface area contributed by atoms with E-state index < -0.39 is 0 Å². The normalized spacial score (nSPS) is 19.6. The number of likely N-dealkylation sites (tertiary alicyclic amines) is 1. The van der Waals surface area contributed by atoms with E-state index >= 15 is 0 Å². The van der Waals surface area contributed by atoms with Gasteiger partial charge in [0.1, 0.15) is 0 Å². The maximum Gasteiger partial charge on any atom is 0.0406 e. The summed E-state index contributed by atoms with van der Waals surface area (Å²) in [5, 5.41) is 3.09. The molecule has 1 saturated heterocycles. The fourth-order valence-electron chi connectivity index (χ4n) is 2.79. The third-order valence-electron chi connectivity index (χ3n) is 4.01. The summed E-state index contributed by atoms with van der Waals surface area (Å²) in [5.74, 6) is 0.877. The van der Waals surface area contributed by atoms with Gasteiger partial charge < -0.3 is 4.90 Å². The summed E-state index contributed by atoms with van der Waals surface area (Å²) in [4.78, 5) is 3.93. The number of nitrogens with zero attached hydrogens (tertiary/aromatic N) is 1. The predicted octanol–water partition coefficient (Wildman–Crippen LogP) is 4.95. The summed E-state index contributed by atoms with van der Waals surface area (Å²) in [7, 11) is 0. The van der Waals surface area contributed by atoms with Crippen molar-refractivity contribution < 1.29 is 0 Å². The van der Waals surface area contributed by atoms with Crippen molar-refractivity contribution in [1.82, 2.24) is 4.90 Å². The number of benzene rings is 1. The minimum Gasteiger partial charge on any atom is -0.303 e. The third kappa shape index (κ3) is 3.43.